The highest BCUT2D eigenvalue weighted by Gasteiger charge is 2.26. The Bertz CT molecular complexity index is 588. The first kappa shape index (κ1) is 15.7. The third-order valence-corrected chi connectivity index (χ3v) is 4.13. The first-order valence-corrected chi connectivity index (χ1v) is 8.14. The van der Waals surface area contributed by atoms with Crippen molar-refractivity contribution in [2.45, 2.75) is 31.7 Å². The van der Waals surface area contributed by atoms with E-state index < -0.39 is 5.97 Å². The molecule has 5 nitrogen and oxygen atoms in total. The molecule has 122 valence electrons. The lowest BCUT2D eigenvalue weighted by molar-refractivity contribution is 0.0630. The van der Waals surface area contributed by atoms with E-state index in [2.05, 4.69) is 5.32 Å². The van der Waals surface area contributed by atoms with E-state index in [1.54, 1.807) is 30.5 Å². The number of hydrogen-bond acceptors (Lipinski definition) is 5. The summed E-state index contributed by atoms with van der Waals surface area (Å²) < 4.78 is 10.9. The fourth-order valence-electron chi connectivity index (χ4n) is 2.53. The van der Waals surface area contributed by atoms with E-state index in [0.717, 1.165) is 25.7 Å². The van der Waals surface area contributed by atoms with Gasteiger partial charge >= 0.3 is 5.97 Å². The predicted octanol–water partition coefficient (Wildman–Crippen LogP) is 2.88. The van der Waals surface area contributed by atoms with Gasteiger partial charge in [-0.25, -0.2) is 4.79 Å². The second-order valence-electron chi connectivity index (χ2n) is 6.01. The first-order valence-electron chi connectivity index (χ1n) is 8.14. The summed E-state index contributed by atoms with van der Waals surface area (Å²) in [5.74, 6) is -0.0107. The summed E-state index contributed by atoms with van der Waals surface area (Å²) in [6.45, 7) is 1.31. The molecule has 1 saturated heterocycles. The quantitative estimate of drug-likeness (QED) is 0.481. The largest absolute Gasteiger partial charge is 0.419 e. The maximum absolute atomic E-state index is 12.3. The Morgan fingerprint density at radius 1 is 1.17 bits per heavy atom. The smallest absolute Gasteiger partial charge is 0.343 e. The molecular formula is C18H22N2O3. The highest BCUT2D eigenvalue weighted by atomic mass is 16.5. The Balaban J connectivity index is 1.70. The highest BCUT2D eigenvalue weighted by molar-refractivity contribution is 6.01. The van der Waals surface area contributed by atoms with Gasteiger partial charge in [-0.05, 0) is 37.8 Å². The lowest BCUT2D eigenvalue weighted by Gasteiger charge is -2.23. The van der Waals surface area contributed by atoms with Gasteiger partial charge in [-0.3, -0.25) is 0 Å². The Morgan fingerprint density at radius 2 is 1.87 bits per heavy atom. The molecule has 23 heavy (non-hydrogen) atoms. The second-order valence-corrected chi connectivity index (χ2v) is 6.01. The SMILES string of the molecule is N=C(/C(=C\NC1CC1)OC(=O)c1ccccc1)C1CCOCC1. The minimum Gasteiger partial charge on any atom is -0.419 e. The summed E-state index contributed by atoms with van der Waals surface area (Å²) in [6, 6.07) is 9.33. The van der Waals surface area contributed by atoms with E-state index >= 15 is 0 Å². The molecule has 1 aromatic carbocycles. The number of nitrogens with one attached hydrogen (secondary N) is 2. The van der Waals surface area contributed by atoms with Crippen LogP contribution in [0.2, 0.25) is 0 Å². The molecule has 1 aliphatic carbocycles. The highest BCUT2D eigenvalue weighted by Crippen LogP contribution is 2.23. The minimum absolute atomic E-state index is 0.0829. The monoisotopic (exact) mass is 314 g/mol. The van der Waals surface area contributed by atoms with Crippen LogP contribution in [0.1, 0.15) is 36.0 Å². The van der Waals surface area contributed by atoms with E-state index in [-0.39, 0.29) is 5.92 Å². The summed E-state index contributed by atoms with van der Waals surface area (Å²) >= 11 is 0. The molecule has 0 aromatic heterocycles. The fraction of sp³-hybridized carbons (Fsp3) is 0.444. The maximum atomic E-state index is 12.3. The first-order chi connectivity index (χ1) is 11.2. The summed E-state index contributed by atoms with van der Waals surface area (Å²) in [5, 5.41) is 11.6. The molecule has 1 aromatic rings. The number of carbonyl (C=O) groups excluding carboxylic acids is 1. The number of benzene rings is 1. The predicted molar refractivity (Wildman–Crippen MR) is 87.4 cm³/mol. The molecule has 3 rings (SSSR count). The van der Waals surface area contributed by atoms with Crippen LogP contribution in [0.5, 0.6) is 0 Å². The van der Waals surface area contributed by atoms with Crippen molar-refractivity contribution in [2.24, 2.45) is 5.92 Å². The van der Waals surface area contributed by atoms with Gasteiger partial charge in [0.15, 0.2) is 5.76 Å². The van der Waals surface area contributed by atoms with Gasteiger partial charge in [-0.15, -0.1) is 0 Å². The van der Waals surface area contributed by atoms with Crippen LogP contribution in [-0.2, 0) is 9.47 Å². The lowest BCUT2D eigenvalue weighted by atomic mass is 9.93. The van der Waals surface area contributed by atoms with Crippen molar-refractivity contribution in [3.05, 3.63) is 47.9 Å². The Kier molecular flexibility index (Phi) is 5.08. The molecule has 1 saturated carbocycles. The summed E-state index contributed by atoms with van der Waals surface area (Å²) in [7, 11) is 0. The van der Waals surface area contributed by atoms with Crippen molar-refractivity contribution in [1.29, 1.82) is 5.41 Å². The van der Waals surface area contributed by atoms with Crippen LogP contribution in [0.25, 0.3) is 0 Å². The van der Waals surface area contributed by atoms with Crippen LogP contribution in [0.4, 0.5) is 0 Å². The van der Waals surface area contributed by atoms with Crippen LogP contribution >= 0.6 is 0 Å². The van der Waals surface area contributed by atoms with E-state index in [4.69, 9.17) is 14.9 Å². The van der Waals surface area contributed by atoms with Crippen molar-refractivity contribution in [3.8, 4) is 0 Å². The molecule has 1 aliphatic heterocycles. The molecule has 5 heteroatoms. The molecule has 0 radical (unpaired) electrons. The molecule has 1 heterocycles. The molecule has 0 atom stereocenters. The zero-order valence-corrected chi connectivity index (χ0v) is 13.1. The molecule has 2 N–H and O–H groups in total. The van der Waals surface area contributed by atoms with E-state index in [9.17, 15) is 4.79 Å². The van der Waals surface area contributed by atoms with Gasteiger partial charge in [-0.1, -0.05) is 18.2 Å². The molecule has 0 spiro atoms. The number of ether oxygens (including phenoxy) is 2. The summed E-state index contributed by atoms with van der Waals surface area (Å²) in [6.07, 6.45) is 5.53. The maximum Gasteiger partial charge on any atom is 0.343 e. The molecular weight excluding hydrogens is 292 g/mol. The standard InChI is InChI=1S/C18H22N2O3/c19-17(13-8-10-22-11-9-13)16(12-20-15-6-7-15)23-18(21)14-4-2-1-3-5-14/h1-5,12-13,15,19-20H,6-11H2/b16-12+,19-17?. The number of esters is 1. The van der Waals surface area contributed by atoms with Gasteiger partial charge in [0.05, 0.1) is 11.3 Å². The minimum atomic E-state index is -0.425. The van der Waals surface area contributed by atoms with Crippen LogP contribution in [0.3, 0.4) is 0 Å². The normalized spacial score (nSPS) is 19.2. The van der Waals surface area contributed by atoms with Crippen molar-refractivity contribution in [2.75, 3.05) is 13.2 Å². The van der Waals surface area contributed by atoms with Crippen LogP contribution in [0, 0.1) is 11.3 Å². The number of allylic oxidation sites excluding steroid dienone is 1. The van der Waals surface area contributed by atoms with Gasteiger partial charge in [0.1, 0.15) is 0 Å². The third-order valence-electron chi connectivity index (χ3n) is 4.13. The Morgan fingerprint density at radius 3 is 2.52 bits per heavy atom. The van der Waals surface area contributed by atoms with Gasteiger partial charge in [0.25, 0.3) is 0 Å². The van der Waals surface area contributed by atoms with Crippen LogP contribution < -0.4 is 5.32 Å². The summed E-state index contributed by atoms with van der Waals surface area (Å²) in [5.41, 5.74) is 0.871. The zero-order chi connectivity index (χ0) is 16.1. The van der Waals surface area contributed by atoms with Crippen molar-refractivity contribution in [1.82, 2.24) is 5.32 Å². The Labute approximate surface area is 136 Å². The number of hydrogen-bond donors (Lipinski definition) is 2. The van der Waals surface area contributed by atoms with Crippen molar-refractivity contribution < 1.29 is 14.3 Å². The van der Waals surface area contributed by atoms with Gasteiger partial charge in [-0.2, -0.15) is 0 Å². The van der Waals surface area contributed by atoms with Crippen LogP contribution in [0.15, 0.2) is 42.3 Å². The molecule has 2 aliphatic rings. The topological polar surface area (TPSA) is 71.4 Å². The summed E-state index contributed by atoms with van der Waals surface area (Å²) in [4.78, 5) is 12.3. The molecule has 2 fully saturated rings. The van der Waals surface area contributed by atoms with E-state index in [1.807, 2.05) is 6.07 Å². The lowest BCUT2D eigenvalue weighted by Crippen LogP contribution is -2.27. The van der Waals surface area contributed by atoms with E-state index in [0.29, 0.717) is 36.3 Å². The molecule has 0 unspecified atom stereocenters. The Hall–Kier alpha value is -2.14. The second kappa shape index (κ2) is 7.42. The van der Waals surface area contributed by atoms with Crippen LogP contribution in [-0.4, -0.2) is 30.9 Å². The number of rotatable bonds is 6. The average molecular weight is 314 g/mol. The molecule has 0 amide bonds. The van der Waals surface area contributed by atoms with Gasteiger partial charge in [0, 0.05) is 31.4 Å². The van der Waals surface area contributed by atoms with Gasteiger partial charge < -0.3 is 20.2 Å². The third kappa shape index (κ3) is 4.42. The number of carbonyl (C=O) groups is 1. The average Bonchev–Trinajstić information content (AvgIpc) is 3.43. The van der Waals surface area contributed by atoms with Crippen molar-refractivity contribution in [3.63, 3.8) is 0 Å². The van der Waals surface area contributed by atoms with Crippen molar-refractivity contribution >= 4 is 11.7 Å². The van der Waals surface area contributed by atoms with E-state index in [1.165, 1.54) is 0 Å². The van der Waals surface area contributed by atoms with Gasteiger partial charge in [0.2, 0.25) is 0 Å². The molecule has 0 bridgehead atoms. The zero-order valence-electron chi connectivity index (χ0n) is 13.1. The fourth-order valence-corrected chi connectivity index (χ4v) is 2.53.